The molecule has 1 aliphatic heterocycles. The molecule has 0 spiro atoms. The summed E-state index contributed by atoms with van der Waals surface area (Å²) in [6.45, 7) is 1.94. The first-order valence-electron chi connectivity index (χ1n) is 5.85. The number of benzene rings is 1. The molecule has 92 valence electrons. The molecular formula is C14H14N2O2. The van der Waals surface area contributed by atoms with Gasteiger partial charge in [0.1, 0.15) is 5.76 Å². The van der Waals surface area contributed by atoms with Crippen LogP contribution in [0.4, 0.5) is 5.69 Å². The fourth-order valence-electron chi connectivity index (χ4n) is 2.32. The van der Waals surface area contributed by atoms with Crippen molar-refractivity contribution in [1.29, 1.82) is 0 Å². The Hall–Kier alpha value is -2.23. The molecule has 1 aromatic carbocycles. The van der Waals surface area contributed by atoms with Gasteiger partial charge >= 0.3 is 0 Å². The normalized spacial score (nSPS) is 18.4. The van der Waals surface area contributed by atoms with Crippen LogP contribution in [0.3, 0.4) is 0 Å². The number of anilines is 1. The van der Waals surface area contributed by atoms with Crippen LogP contribution in [0, 0.1) is 6.92 Å². The molecule has 1 N–H and O–H groups in total. The highest BCUT2D eigenvalue weighted by Crippen LogP contribution is 2.33. The van der Waals surface area contributed by atoms with Crippen molar-refractivity contribution in [2.45, 2.75) is 13.1 Å². The second-order valence-electron chi connectivity index (χ2n) is 4.48. The van der Waals surface area contributed by atoms with E-state index in [4.69, 9.17) is 4.42 Å². The number of carbonyl (C=O) groups excluding carboxylic acids is 1. The summed E-state index contributed by atoms with van der Waals surface area (Å²) in [5.74, 6) is 0.751. The molecule has 0 saturated heterocycles. The number of carbonyl (C=O) groups is 1. The molecule has 2 heterocycles. The van der Waals surface area contributed by atoms with E-state index >= 15 is 0 Å². The lowest BCUT2D eigenvalue weighted by atomic mass is 10.0. The summed E-state index contributed by atoms with van der Waals surface area (Å²) in [5, 5.41) is 3.33. The van der Waals surface area contributed by atoms with Crippen molar-refractivity contribution < 1.29 is 9.21 Å². The van der Waals surface area contributed by atoms with Gasteiger partial charge in [0.05, 0.1) is 11.8 Å². The molecule has 1 aromatic heterocycles. The van der Waals surface area contributed by atoms with Crippen LogP contribution in [0.15, 0.2) is 41.0 Å². The van der Waals surface area contributed by atoms with E-state index < -0.39 is 0 Å². The molecule has 0 radical (unpaired) electrons. The predicted molar refractivity (Wildman–Crippen MR) is 68.3 cm³/mol. The van der Waals surface area contributed by atoms with Crippen molar-refractivity contribution in [3.8, 4) is 0 Å². The number of amides is 1. The molecule has 2 aromatic rings. The maximum Gasteiger partial charge on any atom is 0.257 e. The molecule has 1 aliphatic rings. The number of fused-ring (bicyclic) bond motifs is 1. The van der Waals surface area contributed by atoms with Gasteiger partial charge in [0.2, 0.25) is 0 Å². The van der Waals surface area contributed by atoms with Crippen LogP contribution in [0.2, 0.25) is 0 Å². The number of aryl methyl sites for hydroxylation is 1. The Morgan fingerprint density at radius 2 is 2.11 bits per heavy atom. The zero-order valence-electron chi connectivity index (χ0n) is 10.3. The largest absolute Gasteiger partial charge is 0.465 e. The first-order valence-corrected chi connectivity index (χ1v) is 5.85. The Morgan fingerprint density at radius 1 is 1.28 bits per heavy atom. The summed E-state index contributed by atoms with van der Waals surface area (Å²) in [4.78, 5) is 14.0. The van der Waals surface area contributed by atoms with Crippen LogP contribution >= 0.6 is 0 Å². The Kier molecular flexibility index (Phi) is 2.37. The average molecular weight is 242 g/mol. The molecule has 0 fully saturated rings. The van der Waals surface area contributed by atoms with E-state index in [9.17, 15) is 4.79 Å². The van der Waals surface area contributed by atoms with Crippen molar-refractivity contribution >= 4 is 11.6 Å². The minimum atomic E-state index is -0.248. The smallest absolute Gasteiger partial charge is 0.257 e. The number of rotatable bonds is 1. The monoisotopic (exact) mass is 242 g/mol. The predicted octanol–water partition coefficient (Wildman–Crippen LogP) is 2.78. The first kappa shape index (κ1) is 10.9. The quantitative estimate of drug-likeness (QED) is 0.836. The molecule has 4 nitrogen and oxygen atoms in total. The highest BCUT2D eigenvalue weighted by Gasteiger charge is 2.32. The van der Waals surface area contributed by atoms with Gasteiger partial charge in [0.25, 0.3) is 5.91 Å². The molecule has 1 atom stereocenters. The second kappa shape index (κ2) is 3.91. The number of furan rings is 1. The molecular weight excluding hydrogens is 228 g/mol. The molecule has 3 rings (SSSR count). The van der Waals surface area contributed by atoms with E-state index in [1.807, 2.05) is 37.3 Å². The summed E-state index contributed by atoms with van der Waals surface area (Å²) in [5.41, 5.74) is 2.58. The van der Waals surface area contributed by atoms with Gasteiger partial charge in [-0.2, -0.15) is 0 Å². The number of hydrogen-bond acceptors (Lipinski definition) is 3. The summed E-state index contributed by atoms with van der Waals surface area (Å²) >= 11 is 0. The summed E-state index contributed by atoms with van der Waals surface area (Å²) < 4.78 is 5.38. The first-order chi connectivity index (χ1) is 8.68. The fraction of sp³-hybridized carbons (Fsp3) is 0.214. The zero-order valence-corrected chi connectivity index (χ0v) is 10.3. The van der Waals surface area contributed by atoms with Gasteiger partial charge in [-0.15, -0.1) is 0 Å². The van der Waals surface area contributed by atoms with Crippen LogP contribution in [-0.4, -0.2) is 17.9 Å². The van der Waals surface area contributed by atoms with Crippen LogP contribution in [0.25, 0.3) is 0 Å². The van der Waals surface area contributed by atoms with Gasteiger partial charge in [0.15, 0.2) is 6.17 Å². The highest BCUT2D eigenvalue weighted by molar-refractivity contribution is 6.02. The summed E-state index contributed by atoms with van der Waals surface area (Å²) in [6.07, 6.45) is 1.36. The lowest BCUT2D eigenvalue weighted by Crippen LogP contribution is -2.40. The minimum Gasteiger partial charge on any atom is -0.465 e. The average Bonchev–Trinajstić information content (AvgIpc) is 2.87. The molecule has 0 unspecified atom stereocenters. The van der Waals surface area contributed by atoms with Crippen molar-refractivity contribution in [3.05, 3.63) is 53.5 Å². The molecule has 1 amide bonds. The van der Waals surface area contributed by atoms with E-state index in [-0.39, 0.29) is 12.1 Å². The molecule has 0 bridgehead atoms. The van der Waals surface area contributed by atoms with Crippen molar-refractivity contribution in [1.82, 2.24) is 4.90 Å². The van der Waals surface area contributed by atoms with Gasteiger partial charge < -0.3 is 14.6 Å². The molecule has 4 heteroatoms. The van der Waals surface area contributed by atoms with Gasteiger partial charge in [-0.1, -0.05) is 12.1 Å². The molecule has 0 saturated carbocycles. The summed E-state index contributed by atoms with van der Waals surface area (Å²) in [6, 6.07) is 9.49. The fourth-order valence-corrected chi connectivity index (χ4v) is 2.32. The van der Waals surface area contributed by atoms with Gasteiger partial charge in [-0.3, -0.25) is 4.79 Å². The lowest BCUT2D eigenvalue weighted by Gasteiger charge is -2.34. The number of nitrogens with zero attached hydrogens (tertiary/aromatic N) is 1. The molecule has 18 heavy (non-hydrogen) atoms. The summed E-state index contributed by atoms with van der Waals surface area (Å²) in [7, 11) is 1.78. The van der Waals surface area contributed by atoms with E-state index in [1.54, 1.807) is 18.2 Å². The Morgan fingerprint density at radius 3 is 2.83 bits per heavy atom. The number of nitrogens with one attached hydrogen (secondary N) is 1. The van der Waals surface area contributed by atoms with Crippen molar-refractivity contribution in [3.63, 3.8) is 0 Å². The SMILES string of the molecule is Cc1cccc2c1C(=O)N(C)[C@H](c1ccco1)N2. The Balaban J connectivity index is 2.08. The van der Waals surface area contributed by atoms with E-state index in [0.29, 0.717) is 0 Å². The Bertz CT molecular complexity index is 590. The Labute approximate surface area is 105 Å². The van der Waals surface area contributed by atoms with Gasteiger partial charge in [0, 0.05) is 12.7 Å². The number of hydrogen-bond donors (Lipinski definition) is 1. The molecule has 0 aliphatic carbocycles. The van der Waals surface area contributed by atoms with Crippen LogP contribution in [0.1, 0.15) is 27.8 Å². The van der Waals surface area contributed by atoms with Crippen LogP contribution in [0.5, 0.6) is 0 Å². The van der Waals surface area contributed by atoms with Gasteiger partial charge in [-0.05, 0) is 30.7 Å². The maximum atomic E-state index is 12.4. The standard InChI is InChI=1S/C14H14N2O2/c1-9-5-3-6-10-12(9)14(17)16(2)13(15-10)11-7-4-8-18-11/h3-8,13,15H,1-2H3/t13-/m1/s1. The van der Waals surface area contributed by atoms with Crippen LogP contribution < -0.4 is 5.32 Å². The second-order valence-corrected chi connectivity index (χ2v) is 4.48. The highest BCUT2D eigenvalue weighted by atomic mass is 16.3. The third-order valence-corrected chi connectivity index (χ3v) is 3.30. The van der Waals surface area contributed by atoms with Gasteiger partial charge in [-0.25, -0.2) is 0 Å². The van der Waals surface area contributed by atoms with E-state index in [1.165, 1.54) is 0 Å². The third-order valence-electron chi connectivity index (χ3n) is 3.30. The minimum absolute atomic E-state index is 0.0169. The topological polar surface area (TPSA) is 45.5 Å². The third kappa shape index (κ3) is 1.49. The van der Waals surface area contributed by atoms with Crippen molar-refractivity contribution in [2.24, 2.45) is 0 Å². The van der Waals surface area contributed by atoms with E-state index in [0.717, 1.165) is 22.6 Å². The lowest BCUT2D eigenvalue weighted by molar-refractivity contribution is 0.0718. The van der Waals surface area contributed by atoms with E-state index in [2.05, 4.69) is 5.32 Å². The van der Waals surface area contributed by atoms with Crippen LogP contribution in [-0.2, 0) is 0 Å². The maximum absolute atomic E-state index is 12.4. The zero-order chi connectivity index (χ0) is 12.7. The van der Waals surface area contributed by atoms with Crippen molar-refractivity contribution in [2.75, 3.05) is 12.4 Å².